The summed E-state index contributed by atoms with van der Waals surface area (Å²) in [5.41, 5.74) is 1.86. The van der Waals surface area contributed by atoms with Crippen LogP contribution in [-0.4, -0.2) is 16.5 Å². The minimum Gasteiger partial charge on any atom is -0.369 e. The van der Waals surface area contributed by atoms with E-state index in [9.17, 15) is 8.78 Å². The lowest BCUT2D eigenvalue weighted by Crippen LogP contribution is -2.08. The third-order valence-corrected chi connectivity index (χ3v) is 3.17. The number of hydrogen-bond donors (Lipinski definition) is 1. The van der Waals surface area contributed by atoms with Gasteiger partial charge in [0.2, 0.25) is 0 Å². The maximum Gasteiger partial charge on any atom is 0.153 e. The Morgan fingerprint density at radius 3 is 2.35 bits per heavy atom. The first-order valence-electron chi connectivity index (χ1n) is 6.49. The van der Waals surface area contributed by atoms with Crippen LogP contribution in [0, 0.1) is 32.4 Å². The molecule has 0 unspecified atom stereocenters. The third-order valence-electron chi connectivity index (χ3n) is 3.17. The van der Waals surface area contributed by atoms with E-state index in [0.717, 1.165) is 5.69 Å². The molecule has 2 aromatic rings. The molecule has 0 saturated carbocycles. The molecule has 0 aliphatic carbocycles. The molecule has 0 aliphatic heterocycles. The van der Waals surface area contributed by atoms with Gasteiger partial charge in [-0.1, -0.05) is 6.07 Å². The van der Waals surface area contributed by atoms with Crippen molar-refractivity contribution in [3.8, 4) is 11.3 Å². The zero-order chi connectivity index (χ0) is 14.9. The van der Waals surface area contributed by atoms with Crippen LogP contribution in [0.4, 0.5) is 14.6 Å². The normalized spacial score (nSPS) is 10.7. The van der Waals surface area contributed by atoms with Crippen molar-refractivity contribution in [1.29, 1.82) is 0 Å². The van der Waals surface area contributed by atoms with Gasteiger partial charge in [0.25, 0.3) is 0 Å². The average Bonchev–Trinajstić information content (AvgIpc) is 2.40. The standard InChI is InChI=1S/C15H17F2N3/c1-5-18-15-14(19-9(3)10(4)20-15)12-11(16)7-6-8(2)13(12)17/h6-7H,5H2,1-4H3,(H,18,20). The number of anilines is 1. The molecule has 1 N–H and O–H groups in total. The van der Waals surface area contributed by atoms with Gasteiger partial charge in [-0.3, -0.25) is 0 Å². The summed E-state index contributed by atoms with van der Waals surface area (Å²) in [4.78, 5) is 8.66. The van der Waals surface area contributed by atoms with E-state index in [0.29, 0.717) is 23.6 Å². The van der Waals surface area contributed by atoms with E-state index < -0.39 is 11.6 Å². The van der Waals surface area contributed by atoms with Crippen molar-refractivity contribution >= 4 is 5.82 Å². The molecule has 0 atom stereocenters. The lowest BCUT2D eigenvalue weighted by Gasteiger charge is -2.14. The minimum atomic E-state index is -0.634. The molecular formula is C15H17F2N3. The highest BCUT2D eigenvalue weighted by atomic mass is 19.1. The van der Waals surface area contributed by atoms with Gasteiger partial charge in [-0.15, -0.1) is 0 Å². The van der Waals surface area contributed by atoms with Gasteiger partial charge in [0.05, 0.1) is 17.0 Å². The van der Waals surface area contributed by atoms with Gasteiger partial charge in [-0.2, -0.15) is 0 Å². The number of nitrogens with zero attached hydrogens (tertiary/aromatic N) is 2. The Morgan fingerprint density at radius 2 is 1.70 bits per heavy atom. The number of rotatable bonds is 3. The van der Waals surface area contributed by atoms with Crippen LogP contribution in [0.15, 0.2) is 12.1 Å². The first kappa shape index (κ1) is 14.4. The number of nitrogens with one attached hydrogen (secondary N) is 1. The molecule has 20 heavy (non-hydrogen) atoms. The molecular weight excluding hydrogens is 260 g/mol. The summed E-state index contributed by atoms with van der Waals surface area (Å²) in [6, 6.07) is 2.66. The van der Waals surface area contributed by atoms with Crippen molar-refractivity contribution < 1.29 is 8.78 Å². The Hall–Kier alpha value is -2.04. The van der Waals surface area contributed by atoms with E-state index in [1.54, 1.807) is 13.8 Å². The highest BCUT2D eigenvalue weighted by Gasteiger charge is 2.20. The Balaban J connectivity index is 2.75. The summed E-state index contributed by atoms with van der Waals surface area (Å²) in [6.07, 6.45) is 0. The van der Waals surface area contributed by atoms with Crippen LogP contribution in [0.3, 0.4) is 0 Å². The summed E-state index contributed by atoms with van der Waals surface area (Å²) < 4.78 is 28.3. The first-order chi connectivity index (χ1) is 9.45. The van der Waals surface area contributed by atoms with E-state index in [2.05, 4.69) is 15.3 Å². The molecule has 0 aliphatic rings. The Bertz CT molecular complexity index is 654. The highest BCUT2D eigenvalue weighted by molar-refractivity contribution is 5.73. The Labute approximate surface area is 117 Å². The fourth-order valence-corrected chi connectivity index (χ4v) is 1.94. The molecule has 1 aromatic heterocycles. The molecule has 0 saturated heterocycles. The van der Waals surface area contributed by atoms with Gasteiger partial charge < -0.3 is 5.32 Å². The van der Waals surface area contributed by atoms with E-state index in [1.165, 1.54) is 12.1 Å². The molecule has 5 heteroatoms. The fraction of sp³-hybridized carbons (Fsp3) is 0.333. The molecule has 106 valence electrons. The van der Waals surface area contributed by atoms with E-state index in [1.807, 2.05) is 13.8 Å². The second kappa shape index (κ2) is 5.53. The third kappa shape index (κ3) is 2.48. The first-order valence-corrected chi connectivity index (χ1v) is 6.49. The molecule has 1 aromatic carbocycles. The van der Waals surface area contributed by atoms with Crippen LogP contribution < -0.4 is 5.32 Å². The average molecular weight is 277 g/mol. The van der Waals surface area contributed by atoms with Crippen molar-refractivity contribution in [2.45, 2.75) is 27.7 Å². The van der Waals surface area contributed by atoms with Gasteiger partial charge in [0.15, 0.2) is 5.82 Å². The molecule has 3 nitrogen and oxygen atoms in total. The largest absolute Gasteiger partial charge is 0.369 e. The number of hydrogen-bond acceptors (Lipinski definition) is 3. The number of aromatic nitrogens is 2. The summed E-state index contributed by atoms with van der Waals surface area (Å²) in [5.74, 6) is -0.828. The molecule has 0 radical (unpaired) electrons. The van der Waals surface area contributed by atoms with Crippen LogP contribution in [0.25, 0.3) is 11.3 Å². The SMILES string of the molecule is CCNc1nc(C)c(C)nc1-c1c(F)ccc(C)c1F. The Kier molecular flexibility index (Phi) is 3.97. The second-order valence-electron chi connectivity index (χ2n) is 4.68. The van der Waals surface area contributed by atoms with E-state index in [4.69, 9.17) is 0 Å². The van der Waals surface area contributed by atoms with Crippen molar-refractivity contribution in [2.24, 2.45) is 0 Å². The smallest absolute Gasteiger partial charge is 0.153 e. The predicted molar refractivity (Wildman–Crippen MR) is 75.8 cm³/mol. The number of benzene rings is 1. The van der Waals surface area contributed by atoms with E-state index in [-0.39, 0.29) is 11.3 Å². The molecule has 0 amide bonds. The predicted octanol–water partition coefficient (Wildman–Crippen LogP) is 3.78. The van der Waals surface area contributed by atoms with Crippen molar-refractivity contribution in [1.82, 2.24) is 9.97 Å². The van der Waals surface area contributed by atoms with Crippen molar-refractivity contribution in [3.63, 3.8) is 0 Å². The number of halogens is 2. The van der Waals surface area contributed by atoms with Crippen molar-refractivity contribution in [2.75, 3.05) is 11.9 Å². The summed E-state index contributed by atoms with van der Waals surface area (Å²) in [5, 5.41) is 3.01. The van der Waals surface area contributed by atoms with Crippen LogP contribution in [0.5, 0.6) is 0 Å². The van der Waals surface area contributed by atoms with E-state index >= 15 is 0 Å². The van der Waals surface area contributed by atoms with Gasteiger partial charge in [-0.25, -0.2) is 18.7 Å². The summed E-state index contributed by atoms with van der Waals surface area (Å²) in [7, 11) is 0. The summed E-state index contributed by atoms with van der Waals surface area (Å²) >= 11 is 0. The van der Waals surface area contributed by atoms with Crippen LogP contribution in [0.1, 0.15) is 23.9 Å². The zero-order valence-electron chi connectivity index (χ0n) is 12.0. The van der Waals surface area contributed by atoms with Crippen LogP contribution >= 0.6 is 0 Å². The molecule has 0 fully saturated rings. The van der Waals surface area contributed by atoms with Crippen molar-refractivity contribution in [3.05, 3.63) is 40.7 Å². The highest BCUT2D eigenvalue weighted by Crippen LogP contribution is 2.31. The lowest BCUT2D eigenvalue weighted by molar-refractivity contribution is 0.582. The fourth-order valence-electron chi connectivity index (χ4n) is 1.94. The lowest BCUT2D eigenvalue weighted by atomic mass is 10.1. The topological polar surface area (TPSA) is 37.8 Å². The van der Waals surface area contributed by atoms with Crippen LogP contribution in [-0.2, 0) is 0 Å². The maximum atomic E-state index is 14.3. The molecule has 1 heterocycles. The summed E-state index contributed by atoms with van der Waals surface area (Å²) in [6.45, 7) is 7.67. The Morgan fingerprint density at radius 1 is 1.05 bits per heavy atom. The monoisotopic (exact) mass is 277 g/mol. The minimum absolute atomic E-state index is 0.128. The van der Waals surface area contributed by atoms with Crippen LogP contribution in [0.2, 0.25) is 0 Å². The second-order valence-corrected chi connectivity index (χ2v) is 4.68. The molecule has 2 rings (SSSR count). The van der Waals surface area contributed by atoms with Gasteiger partial charge >= 0.3 is 0 Å². The van der Waals surface area contributed by atoms with Gasteiger partial charge in [0.1, 0.15) is 17.3 Å². The maximum absolute atomic E-state index is 14.3. The molecule has 0 bridgehead atoms. The quantitative estimate of drug-likeness (QED) is 0.927. The van der Waals surface area contributed by atoms with Gasteiger partial charge in [-0.05, 0) is 39.3 Å². The van der Waals surface area contributed by atoms with Gasteiger partial charge in [0, 0.05) is 6.54 Å². The molecule has 0 spiro atoms. The zero-order valence-corrected chi connectivity index (χ0v) is 12.0. The number of aryl methyl sites for hydroxylation is 3.